The maximum Gasteiger partial charge on any atom is 0.161 e. The van der Waals surface area contributed by atoms with E-state index in [1.807, 2.05) is 30.3 Å². The van der Waals surface area contributed by atoms with Gasteiger partial charge >= 0.3 is 0 Å². The maximum atomic E-state index is 4.65. The van der Waals surface area contributed by atoms with Gasteiger partial charge in [-0.25, -0.2) is 9.97 Å². The number of aryl methyl sites for hydroxylation is 1. The highest BCUT2D eigenvalue weighted by Crippen LogP contribution is 2.24. The first kappa shape index (κ1) is 13.3. The second kappa shape index (κ2) is 6.13. The Labute approximate surface area is 121 Å². The molecule has 1 N–H and O–H groups in total. The van der Waals surface area contributed by atoms with Crippen molar-refractivity contribution in [3.8, 4) is 11.4 Å². The molecule has 0 aliphatic carbocycles. The van der Waals surface area contributed by atoms with E-state index in [2.05, 4.69) is 51.7 Å². The van der Waals surface area contributed by atoms with Crippen LogP contribution >= 0.6 is 22.6 Å². The summed E-state index contributed by atoms with van der Waals surface area (Å²) in [5.41, 5.74) is 2.16. The van der Waals surface area contributed by atoms with Gasteiger partial charge in [0.2, 0.25) is 0 Å². The fourth-order valence-electron chi connectivity index (χ4n) is 1.73. The van der Waals surface area contributed by atoms with Gasteiger partial charge in [-0.15, -0.1) is 0 Å². The lowest BCUT2D eigenvalue weighted by Crippen LogP contribution is -2.07. The van der Waals surface area contributed by atoms with E-state index < -0.39 is 0 Å². The quantitative estimate of drug-likeness (QED) is 0.851. The van der Waals surface area contributed by atoms with E-state index in [1.54, 1.807) is 0 Å². The van der Waals surface area contributed by atoms with Crippen LogP contribution in [0.4, 0.5) is 5.82 Å². The van der Waals surface area contributed by atoms with Gasteiger partial charge in [0, 0.05) is 12.1 Å². The number of benzene rings is 1. The minimum atomic E-state index is 0.795. The van der Waals surface area contributed by atoms with Gasteiger partial charge in [0.05, 0.1) is 9.26 Å². The van der Waals surface area contributed by atoms with Crippen molar-refractivity contribution in [1.82, 2.24) is 9.97 Å². The fraction of sp³-hybridized carbons (Fsp3) is 0.286. The summed E-state index contributed by atoms with van der Waals surface area (Å²) in [5.74, 6) is 1.73. The van der Waals surface area contributed by atoms with Gasteiger partial charge in [0.1, 0.15) is 5.82 Å². The van der Waals surface area contributed by atoms with Crippen molar-refractivity contribution in [2.24, 2.45) is 0 Å². The third-order valence-corrected chi connectivity index (χ3v) is 3.76. The molecule has 0 atom stereocenters. The van der Waals surface area contributed by atoms with Gasteiger partial charge < -0.3 is 5.32 Å². The molecule has 0 amide bonds. The van der Waals surface area contributed by atoms with E-state index in [-0.39, 0.29) is 0 Å². The Bertz CT molecular complexity index is 526. The molecule has 0 bridgehead atoms. The zero-order chi connectivity index (χ0) is 13.0. The summed E-state index contributed by atoms with van der Waals surface area (Å²) in [5, 5.41) is 3.30. The van der Waals surface area contributed by atoms with Crippen molar-refractivity contribution in [3.63, 3.8) is 0 Å². The molecule has 1 heterocycles. The molecule has 1 aromatic heterocycles. The molecular weight excluding hydrogens is 337 g/mol. The van der Waals surface area contributed by atoms with E-state index in [1.165, 1.54) is 0 Å². The molecule has 0 radical (unpaired) electrons. The van der Waals surface area contributed by atoms with Crippen molar-refractivity contribution in [2.75, 3.05) is 11.9 Å². The van der Waals surface area contributed by atoms with Crippen LogP contribution in [0.1, 0.15) is 19.5 Å². The average molecular weight is 353 g/mol. The van der Waals surface area contributed by atoms with Gasteiger partial charge in [-0.05, 0) is 35.9 Å². The first-order valence-corrected chi connectivity index (χ1v) is 7.19. The topological polar surface area (TPSA) is 37.8 Å². The summed E-state index contributed by atoms with van der Waals surface area (Å²) >= 11 is 2.31. The van der Waals surface area contributed by atoms with Crippen LogP contribution in [0.2, 0.25) is 0 Å². The first-order valence-electron chi connectivity index (χ1n) is 6.12. The highest BCUT2D eigenvalue weighted by atomic mass is 127. The second-order valence-corrected chi connectivity index (χ2v) is 4.99. The number of hydrogen-bond donors (Lipinski definition) is 1. The van der Waals surface area contributed by atoms with Crippen molar-refractivity contribution < 1.29 is 0 Å². The molecule has 1 aromatic carbocycles. The Morgan fingerprint density at radius 3 is 2.44 bits per heavy atom. The van der Waals surface area contributed by atoms with Crippen LogP contribution in [0.15, 0.2) is 30.3 Å². The van der Waals surface area contributed by atoms with Crippen molar-refractivity contribution in [2.45, 2.75) is 20.3 Å². The Balaban J connectivity index is 2.52. The van der Waals surface area contributed by atoms with E-state index in [0.717, 1.165) is 39.4 Å². The molecule has 2 rings (SSSR count). The summed E-state index contributed by atoms with van der Waals surface area (Å²) in [4.78, 5) is 9.26. The normalized spacial score (nSPS) is 10.4. The highest BCUT2D eigenvalue weighted by Gasteiger charge is 2.11. The Hall–Kier alpha value is -1.17. The van der Waals surface area contributed by atoms with Crippen molar-refractivity contribution >= 4 is 28.4 Å². The average Bonchev–Trinajstić information content (AvgIpc) is 2.42. The molecule has 0 fully saturated rings. The molecule has 0 unspecified atom stereocenters. The van der Waals surface area contributed by atoms with E-state index in [0.29, 0.717) is 0 Å². The number of nitrogens with zero attached hydrogens (tertiary/aromatic N) is 2. The maximum absolute atomic E-state index is 4.65. The monoisotopic (exact) mass is 353 g/mol. The Morgan fingerprint density at radius 1 is 1.11 bits per heavy atom. The zero-order valence-electron chi connectivity index (χ0n) is 10.6. The third-order valence-electron chi connectivity index (χ3n) is 2.63. The van der Waals surface area contributed by atoms with Gasteiger partial charge in [0.15, 0.2) is 5.82 Å². The largest absolute Gasteiger partial charge is 0.369 e. The summed E-state index contributed by atoms with van der Waals surface area (Å²) < 4.78 is 1.12. The molecule has 94 valence electrons. The number of nitrogens with one attached hydrogen (secondary N) is 1. The molecule has 4 heteroatoms. The lowest BCUT2D eigenvalue weighted by Gasteiger charge is -2.11. The standard InChI is InChI=1S/C14H16IN3/c1-3-11-12(15)14(16-4-2)18-13(17-11)10-8-6-5-7-9-10/h5-9H,3-4H2,1-2H3,(H,16,17,18). The summed E-state index contributed by atoms with van der Waals surface area (Å²) in [7, 11) is 0. The summed E-state index contributed by atoms with van der Waals surface area (Å²) in [6.45, 7) is 5.06. The molecule has 0 aliphatic heterocycles. The number of anilines is 1. The van der Waals surface area contributed by atoms with E-state index in [4.69, 9.17) is 0 Å². The van der Waals surface area contributed by atoms with Crippen LogP contribution in [-0.2, 0) is 6.42 Å². The first-order chi connectivity index (χ1) is 8.76. The zero-order valence-corrected chi connectivity index (χ0v) is 12.7. The SMILES string of the molecule is CCNc1nc(-c2ccccc2)nc(CC)c1I. The molecule has 18 heavy (non-hydrogen) atoms. The van der Waals surface area contributed by atoms with Crippen LogP contribution in [0.3, 0.4) is 0 Å². The van der Waals surface area contributed by atoms with Crippen LogP contribution in [-0.4, -0.2) is 16.5 Å². The number of halogens is 1. The lowest BCUT2D eigenvalue weighted by molar-refractivity contribution is 0.982. The van der Waals surface area contributed by atoms with Crippen LogP contribution < -0.4 is 5.32 Å². The predicted octanol–water partition coefficient (Wildman–Crippen LogP) is 3.74. The smallest absolute Gasteiger partial charge is 0.161 e. The van der Waals surface area contributed by atoms with E-state index in [9.17, 15) is 0 Å². The van der Waals surface area contributed by atoms with Gasteiger partial charge in [-0.1, -0.05) is 37.3 Å². The molecular formula is C14H16IN3. The minimum Gasteiger partial charge on any atom is -0.369 e. The van der Waals surface area contributed by atoms with Crippen LogP contribution in [0.5, 0.6) is 0 Å². The molecule has 2 aromatic rings. The molecule has 0 saturated heterocycles. The molecule has 3 nitrogen and oxygen atoms in total. The van der Waals surface area contributed by atoms with Crippen molar-refractivity contribution in [3.05, 3.63) is 39.6 Å². The Kier molecular flexibility index (Phi) is 4.52. The molecule has 0 aliphatic rings. The number of rotatable bonds is 4. The fourth-order valence-corrected chi connectivity index (χ4v) is 2.54. The minimum absolute atomic E-state index is 0.795. The Morgan fingerprint density at radius 2 is 1.83 bits per heavy atom. The number of aromatic nitrogens is 2. The second-order valence-electron chi connectivity index (χ2n) is 3.91. The van der Waals surface area contributed by atoms with Gasteiger partial charge in [-0.3, -0.25) is 0 Å². The number of hydrogen-bond acceptors (Lipinski definition) is 3. The van der Waals surface area contributed by atoms with Gasteiger partial charge in [0.25, 0.3) is 0 Å². The summed E-state index contributed by atoms with van der Waals surface area (Å²) in [6.07, 6.45) is 0.916. The van der Waals surface area contributed by atoms with Crippen LogP contribution in [0.25, 0.3) is 11.4 Å². The molecule has 0 spiro atoms. The predicted molar refractivity (Wildman–Crippen MR) is 83.7 cm³/mol. The summed E-state index contributed by atoms with van der Waals surface area (Å²) in [6, 6.07) is 10.1. The lowest BCUT2D eigenvalue weighted by atomic mass is 10.2. The highest BCUT2D eigenvalue weighted by molar-refractivity contribution is 14.1. The third kappa shape index (κ3) is 2.80. The van der Waals surface area contributed by atoms with Crippen molar-refractivity contribution in [1.29, 1.82) is 0 Å². The van der Waals surface area contributed by atoms with Crippen LogP contribution in [0, 0.1) is 3.57 Å². The molecule has 0 saturated carbocycles. The van der Waals surface area contributed by atoms with Gasteiger partial charge in [-0.2, -0.15) is 0 Å². The van der Waals surface area contributed by atoms with E-state index >= 15 is 0 Å².